The summed E-state index contributed by atoms with van der Waals surface area (Å²) in [4.78, 5) is 2.20. The van der Waals surface area contributed by atoms with E-state index in [1.165, 1.54) is 17.2 Å². The number of nitrogens with zero attached hydrogens (tertiary/aromatic N) is 1. The maximum absolute atomic E-state index is 5.77. The summed E-state index contributed by atoms with van der Waals surface area (Å²) in [7, 11) is 4.20. The van der Waals surface area contributed by atoms with Gasteiger partial charge in [0.2, 0.25) is 0 Å². The Kier molecular flexibility index (Phi) is 5.84. The van der Waals surface area contributed by atoms with Crippen molar-refractivity contribution in [3.8, 4) is 5.75 Å². The Bertz CT molecular complexity index is 525. The van der Waals surface area contributed by atoms with Gasteiger partial charge in [-0.05, 0) is 56.5 Å². The molecule has 0 unspecified atom stereocenters. The third kappa shape index (κ3) is 4.83. The first-order valence-electron chi connectivity index (χ1n) is 7.23. The predicted molar refractivity (Wildman–Crippen MR) is 85.5 cm³/mol. The second-order valence-corrected chi connectivity index (χ2v) is 5.26. The van der Waals surface area contributed by atoms with E-state index >= 15 is 0 Å². The van der Waals surface area contributed by atoms with Gasteiger partial charge in [-0.25, -0.2) is 0 Å². The molecule has 0 aromatic heterocycles. The Hall–Kier alpha value is -1.58. The van der Waals surface area contributed by atoms with E-state index in [9.17, 15) is 0 Å². The third-order valence-electron chi connectivity index (χ3n) is 3.23. The molecule has 0 spiro atoms. The van der Waals surface area contributed by atoms with Crippen molar-refractivity contribution in [3.63, 3.8) is 0 Å². The van der Waals surface area contributed by atoms with E-state index in [0.717, 1.165) is 25.4 Å². The van der Waals surface area contributed by atoms with Gasteiger partial charge in [0.1, 0.15) is 12.4 Å². The van der Waals surface area contributed by atoms with E-state index in [0.29, 0.717) is 6.61 Å². The highest BCUT2D eigenvalue weighted by Gasteiger charge is 1.97. The molecule has 0 aliphatic rings. The van der Waals surface area contributed by atoms with E-state index < -0.39 is 0 Å². The van der Waals surface area contributed by atoms with Gasteiger partial charge in [-0.15, -0.1) is 0 Å². The van der Waals surface area contributed by atoms with Gasteiger partial charge >= 0.3 is 0 Å². The minimum Gasteiger partial charge on any atom is -0.492 e. The molecule has 1 N–H and O–H groups in total. The first-order chi connectivity index (χ1) is 9.75. The van der Waals surface area contributed by atoms with Crippen LogP contribution in [0, 0.1) is 0 Å². The fourth-order valence-electron chi connectivity index (χ4n) is 2.14. The number of hydrogen-bond acceptors (Lipinski definition) is 3. The summed E-state index contributed by atoms with van der Waals surface area (Å²) in [5.41, 5.74) is 0. The van der Waals surface area contributed by atoms with Gasteiger partial charge in [0.25, 0.3) is 0 Å². The maximum atomic E-state index is 5.77. The van der Waals surface area contributed by atoms with Crippen molar-refractivity contribution in [2.45, 2.75) is 6.42 Å². The molecule has 0 atom stereocenters. The van der Waals surface area contributed by atoms with Gasteiger partial charge in [0.15, 0.2) is 0 Å². The van der Waals surface area contributed by atoms with E-state index in [1.54, 1.807) is 0 Å². The fraction of sp³-hybridized carbons (Fsp3) is 0.412. The molecule has 3 heteroatoms. The van der Waals surface area contributed by atoms with Crippen molar-refractivity contribution in [1.29, 1.82) is 0 Å². The van der Waals surface area contributed by atoms with Crippen LogP contribution in [0.1, 0.15) is 6.42 Å². The summed E-state index contributed by atoms with van der Waals surface area (Å²) < 4.78 is 5.77. The molecule has 0 saturated heterocycles. The standard InChI is InChI=1S/C17H24N2O/c1-19(2)12-5-10-18-11-13-20-17-9-8-15-6-3-4-7-16(15)14-17/h3-4,6-9,14,18H,5,10-13H2,1-2H3. The van der Waals surface area contributed by atoms with Gasteiger partial charge in [-0.1, -0.05) is 30.3 Å². The zero-order valence-corrected chi connectivity index (χ0v) is 12.4. The van der Waals surface area contributed by atoms with Crippen molar-refractivity contribution in [3.05, 3.63) is 42.5 Å². The van der Waals surface area contributed by atoms with Gasteiger partial charge in [-0.3, -0.25) is 0 Å². The van der Waals surface area contributed by atoms with E-state index in [2.05, 4.69) is 60.7 Å². The van der Waals surface area contributed by atoms with E-state index in [1.807, 2.05) is 6.07 Å². The first-order valence-corrected chi connectivity index (χ1v) is 7.23. The van der Waals surface area contributed by atoms with Crippen molar-refractivity contribution in [1.82, 2.24) is 10.2 Å². The average molecular weight is 272 g/mol. The Morgan fingerprint density at radius 2 is 1.80 bits per heavy atom. The van der Waals surface area contributed by atoms with Crippen molar-refractivity contribution in [2.75, 3.05) is 40.3 Å². The Morgan fingerprint density at radius 1 is 1.00 bits per heavy atom. The summed E-state index contributed by atoms with van der Waals surface area (Å²) in [5, 5.41) is 5.87. The lowest BCUT2D eigenvalue weighted by atomic mass is 10.1. The molecule has 108 valence electrons. The largest absolute Gasteiger partial charge is 0.492 e. The zero-order chi connectivity index (χ0) is 14.2. The van der Waals surface area contributed by atoms with Crippen LogP contribution in [-0.2, 0) is 0 Å². The van der Waals surface area contributed by atoms with Crippen LogP contribution >= 0.6 is 0 Å². The summed E-state index contributed by atoms with van der Waals surface area (Å²) >= 11 is 0. The van der Waals surface area contributed by atoms with Crippen LogP contribution in [0.25, 0.3) is 10.8 Å². The third-order valence-corrected chi connectivity index (χ3v) is 3.23. The van der Waals surface area contributed by atoms with Crippen LogP contribution < -0.4 is 10.1 Å². The molecule has 0 amide bonds. The Balaban J connectivity index is 1.68. The molecule has 0 aliphatic heterocycles. The van der Waals surface area contributed by atoms with Crippen LogP contribution in [0.15, 0.2) is 42.5 Å². The van der Waals surface area contributed by atoms with Gasteiger partial charge in [0, 0.05) is 6.54 Å². The van der Waals surface area contributed by atoms with E-state index in [4.69, 9.17) is 4.74 Å². The highest BCUT2D eigenvalue weighted by molar-refractivity contribution is 5.83. The second kappa shape index (κ2) is 7.88. The zero-order valence-electron chi connectivity index (χ0n) is 12.4. The normalized spacial score (nSPS) is 11.2. The number of hydrogen-bond donors (Lipinski definition) is 1. The number of fused-ring (bicyclic) bond motifs is 1. The lowest BCUT2D eigenvalue weighted by Gasteiger charge is -2.10. The second-order valence-electron chi connectivity index (χ2n) is 5.26. The van der Waals surface area contributed by atoms with Crippen molar-refractivity contribution < 1.29 is 4.74 Å². The van der Waals surface area contributed by atoms with E-state index in [-0.39, 0.29) is 0 Å². The minimum atomic E-state index is 0.709. The van der Waals surface area contributed by atoms with Gasteiger partial charge < -0.3 is 15.0 Å². The van der Waals surface area contributed by atoms with Gasteiger partial charge in [-0.2, -0.15) is 0 Å². The highest BCUT2D eigenvalue weighted by atomic mass is 16.5. The topological polar surface area (TPSA) is 24.5 Å². The van der Waals surface area contributed by atoms with Crippen molar-refractivity contribution in [2.24, 2.45) is 0 Å². The molecule has 2 aromatic rings. The number of ether oxygens (including phenoxy) is 1. The van der Waals surface area contributed by atoms with Crippen LogP contribution in [0.3, 0.4) is 0 Å². The Morgan fingerprint density at radius 3 is 2.60 bits per heavy atom. The van der Waals surface area contributed by atoms with Crippen LogP contribution in [0.4, 0.5) is 0 Å². The molecule has 3 nitrogen and oxygen atoms in total. The number of nitrogens with one attached hydrogen (secondary N) is 1. The summed E-state index contributed by atoms with van der Waals surface area (Å²) in [6.45, 7) is 3.76. The molecule has 2 aromatic carbocycles. The lowest BCUT2D eigenvalue weighted by Crippen LogP contribution is -2.25. The minimum absolute atomic E-state index is 0.709. The molecule has 2 rings (SSSR count). The molecule has 0 bridgehead atoms. The number of rotatable bonds is 8. The molecule has 0 saturated carbocycles. The molecule has 20 heavy (non-hydrogen) atoms. The number of benzene rings is 2. The lowest BCUT2D eigenvalue weighted by molar-refractivity contribution is 0.311. The summed E-state index contributed by atoms with van der Waals surface area (Å²) in [5.74, 6) is 0.943. The fourth-order valence-corrected chi connectivity index (χ4v) is 2.14. The quantitative estimate of drug-likeness (QED) is 0.748. The van der Waals surface area contributed by atoms with Crippen LogP contribution in [0.2, 0.25) is 0 Å². The SMILES string of the molecule is CN(C)CCCNCCOc1ccc2ccccc2c1. The smallest absolute Gasteiger partial charge is 0.120 e. The monoisotopic (exact) mass is 272 g/mol. The summed E-state index contributed by atoms with van der Waals surface area (Å²) in [6.07, 6.45) is 1.17. The molecule has 0 fully saturated rings. The van der Waals surface area contributed by atoms with Gasteiger partial charge in [0.05, 0.1) is 0 Å². The van der Waals surface area contributed by atoms with Crippen LogP contribution in [-0.4, -0.2) is 45.2 Å². The first kappa shape index (κ1) is 14.8. The molecule has 0 radical (unpaired) electrons. The van der Waals surface area contributed by atoms with Crippen molar-refractivity contribution >= 4 is 10.8 Å². The predicted octanol–water partition coefficient (Wildman–Crippen LogP) is 2.76. The molecular weight excluding hydrogens is 248 g/mol. The molecule has 0 heterocycles. The highest BCUT2D eigenvalue weighted by Crippen LogP contribution is 2.20. The average Bonchev–Trinajstić information content (AvgIpc) is 2.46. The molecular formula is C17H24N2O. The Labute approximate surface area is 121 Å². The van der Waals surface area contributed by atoms with Crippen LogP contribution in [0.5, 0.6) is 5.75 Å². The molecule has 0 aliphatic carbocycles. The maximum Gasteiger partial charge on any atom is 0.120 e. The summed E-state index contributed by atoms with van der Waals surface area (Å²) in [6, 6.07) is 14.6.